The lowest BCUT2D eigenvalue weighted by molar-refractivity contribution is -0.128. The standard InChI is InChI=1S/C12H20N4OS/c1-2-10-13-12(15-14-10)18-9-11(17)16-7-5-3-4-6-8-16/h2-9H2,1H3,(H,13,14,15). The summed E-state index contributed by atoms with van der Waals surface area (Å²) >= 11 is 1.42. The van der Waals surface area contributed by atoms with Crippen LogP contribution < -0.4 is 0 Å². The van der Waals surface area contributed by atoms with Gasteiger partial charge >= 0.3 is 0 Å². The predicted molar refractivity (Wildman–Crippen MR) is 71.5 cm³/mol. The Morgan fingerprint density at radius 2 is 2.06 bits per heavy atom. The van der Waals surface area contributed by atoms with Crippen molar-refractivity contribution in [1.29, 1.82) is 0 Å². The molecule has 5 nitrogen and oxygen atoms in total. The summed E-state index contributed by atoms with van der Waals surface area (Å²) < 4.78 is 0. The first-order valence-electron chi connectivity index (χ1n) is 6.61. The van der Waals surface area contributed by atoms with Gasteiger partial charge in [-0.25, -0.2) is 4.98 Å². The third-order valence-electron chi connectivity index (χ3n) is 3.13. The van der Waals surface area contributed by atoms with Crippen molar-refractivity contribution < 1.29 is 4.79 Å². The molecular formula is C12H20N4OS. The minimum atomic E-state index is 0.213. The van der Waals surface area contributed by atoms with Gasteiger partial charge in [0.1, 0.15) is 5.82 Å². The quantitative estimate of drug-likeness (QED) is 0.847. The van der Waals surface area contributed by atoms with Crippen molar-refractivity contribution in [3.8, 4) is 0 Å². The van der Waals surface area contributed by atoms with E-state index in [9.17, 15) is 4.79 Å². The average molecular weight is 268 g/mol. The molecule has 1 saturated heterocycles. The van der Waals surface area contributed by atoms with E-state index in [2.05, 4.69) is 15.2 Å². The normalized spacial score (nSPS) is 16.6. The molecule has 0 unspecified atom stereocenters. The third-order valence-corrected chi connectivity index (χ3v) is 3.96. The summed E-state index contributed by atoms with van der Waals surface area (Å²) in [5, 5.41) is 7.62. The molecular weight excluding hydrogens is 248 g/mol. The molecule has 1 aliphatic heterocycles. The highest BCUT2D eigenvalue weighted by molar-refractivity contribution is 7.99. The number of likely N-dealkylation sites (tertiary alicyclic amines) is 1. The minimum Gasteiger partial charge on any atom is -0.342 e. The molecule has 1 aliphatic rings. The molecule has 1 aromatic heterocycles. The largest absolute Gasteiger partial charge is 0.342 e. The van der Waals surface area contributed by atoms with E-state index < -0.39 is 0 Å². The number of rotatable bonds is 4. The number of aryl methyl sites for hydroxylation is 1. The number of nitrogens with zero attached hydrogens (tertiary/aromatic N) is 3. The van der Waals surface area contributed by atoms with Gasteiger partial charge < -0.3 is 4.90 Å². The Hall–Kier alpha value is -1.04. The molecule has 1 aromatic rings. The van der Waals surface area contributed by atoms with Crippen molar-refractivity contribution in [2.24, 2.45) is 0 Å². The van der Waals surface area contributed by atoms with E-state index in [1.165, 1.54) is 24.6 Å². The lowest BCUT2D eigenvalue weighted by atomic mass is 10.2. The van der Waals surface area contributed by atoms with E-state index in [1.807, 2.05) is 11.8 Å². The van der Waals surface area contributed by atoms with Gasteiger partial charge in [-0.15, -0.1) is 5.10 Å². The monoisotopic (exact) mass is 268 g/mol. The summed E-state index contributed by atoms with van der Waals surface area (Å²) in [5.41, 5.74) is 0. The third kappa shape index (κ3) is 3.73. The Bertz CT molecular complexity index is 385. The molecule has 1 fully saturated rings. The SMILES string of the molecule is CCc1nc(SCC(=O)N2CCCCCC2)n[nH]1. The first-order valence-corrected chi connectivity index (χ1v) is 7.60. The highest BCUT2D eigenvalue weighted by Crippen LogP contribution is 2.15. The highest BCUT2D eigenvalue weighted by Gasteiger charge is 2.16. The molecule has 0 aromatic carbocycles. The molecule has 1 N–H and O–H groups in total. The van der Waals surface area contributed by atoms with E-state index in [4.69, 9.17) is 0 Å². The Morgan fingerprint density at radius 1 is 1.33 bits per heavy atom. The molecule has 0 radical (unpaired) electrons. The number of nitrogens with one attached hydrogen (secondary N) is 1. The van der Waals surface area contributed by atoms with Crippen LogP contribution in [-0.4, -0.2) is 44.8 Å². The number of hydrogen-bond donors (Lipinski definition) is 1. The summed E-state index contributed by atoms with van der Waals surface area (Å²) in [6.07, 6.45) is 5.61. The first-order chi connectivity index (χ1) is 8.79. The molecule has 0 bridgehead atoms. The van der Waals surface area contributed by atoms with Crippen LogP contribution in [0, 0.1) is 0 Å². The Morgan fingerprint density at radius 3 is 2.67 bits per heavy atom. The minimum absolute atomic E-state index is 0.213. The average Bonchev–Trinajstić information content (AvgIpc) is 2.68. The van der Waals surface area contributed by atoms with E-state index in [0.717, 1.165) is 38.2 Å². The van der Waals surface area contributed by atoms with Gasteiger partial charge in [-0.2, -0.15) is 0 Å². The lowest BCUT2D eigenvalue weighted by Crippen LogP contribution is -2.33. The van der Waals surface area contributed by atoms with Crippen molar-refractivity contribution >= 4 is 17.7 Å². The maximum Gasteiger partial charge on any atom is 0.233 e. The van der Waals surface area contributed by atoms with Crippen LogP contribution in [0.5, 0.6) is 0 Å². The molecule has 100 valence electrons. The fourth-order valence-corrected chi connectivity index (χ4v) is 2.76. The molecule has 2 rings (SSSR count). The van der Waals surface area contributed by atoms with Crippen molar-refractivity contribution in [2.45, 2.75) is 44.2 Å². The molecule has 2 heterocycles. The Kier molecular flexibility index (Phi) is 5.04. The van der Waals surface area contributed by atoms with E-state index in [-0.39, 0.29) is 5.91 Å². The molecule has 0 saturated carbocycles. The van der Waals surface area contributed by atoms with E-state index in [1.54, 1.807) is 0 Å². The van der Waals surface area contributed by atoms with Gasteiger partial charge in [0.25, 0.3) is 0 Å². The molecule has 0 atom stereocenters. The molecule has 18 heavy (non-hydrogen) atoms. The molecule has 1 amide bonds. The van der Waals surface area contributed by atoms with Crippen molar-refractivity contribution in [3.63, 3.8) is 0 Å². The van der Waals surface area contributed by atoms with E-state index >= 15 is 0 Å². The lowest BCUT2D eigenvalue weighted by Gasteiger charge is -2.19. The summed E-state index contributed by atoms with van der Waals surface area (Å²) in [6.45, 7) is 3.85. The summed E-state index contributed by atoms with van der Waals surface area (Å²) in [6, 6.07) is 0. The van der Waals surface area contributed by atoms with Gasteiger partial charge in [-0.3, -0.25) is 9.89 Å². The summed E-state index contributed by atoms with van der Waals surface area (Å²) in [7, 11) is 0. The second-order valence-corrected chi connectivity index (χ2v) is 5.44. The molecule has 0 aliphatic carbocycles. The Labute approximate surface area is 112 Å². The van der Waals surface area contributed by atoms with Crippen LogP contribution in [0.2, 0.25) is 0 Å². The number of hydrogen-bond acceptors (Lipinski definition) is 4. The Balaban J connectivity index is 1.79. The molecule has 0 spiro atoms. The smallest absolute Gasteiger partial charge is 0.233 e. The number of aromatic amines is 1. The second kappa shape index (κ2) is 6.78. The van der Waals surface area contributed by atoms with Gasteiger partial charge in [-0.05, 0) is 12.8 Å². The maximum absolute atomic E-state index is 12.0. The first kappa shape index (κ1) is 13.4. The zero-order chi connectivity index (χ0) is 12.8. The van der Waals surface area contributed by atoms with Crippen LogP contribution in [0.3, 0.4) is 0 Å². The van der Waals surface area contributed by atoms with Crippen LogP contribution in [-0.2, 0) is 11.2 Å². The number of carbonyl (C=O) groups excluding carboxylic acids is 1. The number of aromatic nitrogens is 3. The zero-order valence-corrected chi connectivity index (χ0v) is 11.6. The number of H-pyrrole nitrogens is 1. The number of thioether (sulfide) groups is 1. The van der Waals surface area contributed by atoms with Gasteiger partial charge in [0.05, 0.1) is 5.75 Å². The van der Waals surface area contributed by atoms with Crippen molar-refractivity contribution in [3.05, 3.63) is 5.82 Å². The fourth-order valence-electron chi connectivity index (χ4n) is 2.04. The number of carbonyl (C=O) groups is 1. The molecule has 6 heteroatoms. The van der Waals surface area contributed by atoms with Gasteiger partial charge in [0.2, 0.25) is 11.1 Å². The summed E-state index contributed by atoms with van der Waals surface area (Å²) in [5.74, 6) is 1.53. The van der Waals surface area contributed by atoms with E-state index in [0.29, 0.717) is 10.9 Å². The predicted octanol–water partition coefficient (Wildman–Crippen LogP) is 1.86. The summed E-state index contributed by atoms with van der Waals surface area (Å²) in [4.78, 5) is 18.3. The van der Waals surface area contributed by atoms with Crippen LogP contribution in [0.1, 0.15) is 38.4 Å². The van der Waals surface area contributed by atoms with Crippen LogP contribution >= 0.6 is 11.8 Å². The zero-order valence-electron chi connectivity index (χ0n) is 10.8. The van der Waals surface area contributed by atoms with Crippen LogP contribution in [0.4, 0.5) is 0 Å². The maximum atomic E-state index is 12.0. The fraction of sp³-hybridized carbons (Fsp3) is 0.750. The van der Waals surface area contributed by atoms with Gasteiger partial charge in [0, 0.05) is 19.5 Å². The van der Waals surface area contributed by atoms with Crippen LogP contribution in [0.15, 0.2) is 5.16 Å². The highest BCUT2D eigenvalue weighted by atomic mass is 32.2. The number of amides is 1. The van der Waals surface area contributed by atoms with Crippen molar-refractivity contribution in [2.75, 3.05) is 18.8 Å². The van der Waals surface area contributed by atoms with Crippen molar-refractivity contribution in [1.82, 2.24) is 20.1 Å². The second-order valence-electron chi connectivity index (χ2n) is 4.50. The van der Waals surface area contributed by atoms with Gasteiger partial charge in [0.15, 0.2) is 0 Å². The van der Waals surface area contributed by atoms with Gasteiger partial charge in [-0.1, -0.05) is 31.5 Å². The topological polar surface area (TPSA) is 61.9 Å². The van der Waals surface area contributed by atoms with Crippen LogP contribution in [0.25, 0.3) is 0 Å².